The number of anilines is 2. The summed E-state index contributed by atoms with van der Waals surface area (Å²) in [5, 5.41) is 2.98. The number of carbonyl (C=O) groups excluding carboxylic acids is 3. The summed E-state index contributed by atoms with van der Waals surface area (Å²) in [6.07, 6.45) is 0.557. The molecule has 0 saturated heterocycles. The maximum Gasteiger partial charge on any atom is 0.341 e. The highest BCUT2D eigenvalue weighted by Gasteiger charge is 2.30. The molecule has 0 saturated carbocycles. The van der Waals surface area contributed by atoms with E-state index in [2.05, 4.69) is 5.32 Å². The number of benzene rings is 1. The first-order chi connectivity index (χ1) is 13.8. The summed E-state index contributed by atoms with van der Waals surface area (Å²) in [4.78, 5) is 40.4. The van der Waals surface area contributed by atoms with Crippen molar-refractivity contribution >= 4 is 51.6 Å². The monoisotopic (exact) mass is 433 g/mol. The lowest BCUT2D eigenvalue weighted by atomic mass is 10.0. The second-order valence-corrected chi connectivity index (χ2v) is 9.23. The van der Waals surface area contributed by atoms with Crippen LogP contribution in [0.3, 0.4) is 0 Å². The number of thiophene rings is 1. The van der Waals surface area contributed by atoms with Crippen molar-refractivity contribution in [1.82, 2.24) is 4.90 Å². The fourth-order valence-corrected chi connectivity index (χ4v) is 5.22. The predicted octanol–water partition coefficient (Wildman–Crippen LogP) is 3.14. The molecule has 2 amide bonds. The molecule has 1 atom stereocenters. The van der Waals surface area contributed by atoms with Gasteiger partial charge in [0.2, 0.25) is 11.8 Å². The topological polar surface area (TPSA) is 102 Å². The quantitative estimate of drug-likeness (QED) is 0.427. The third kappa shape index (κ3) is 4.73. The van der Waals surface area contributed by atoms with E-state index < -0.39 is 5.97 Å². The van der Waals surface area contributed by atoms with Gasteiger partial charge in [-0.3, -0.25) is 9.59 Å². The van der Waals surface area contributed by atoms with E-state index in [1.807, 2.05) is 12.1 Å². The highest BCUT2D eigenvalue weighted by molar-refractivity contribution is 8.00. The normalized spacial score (nSPS) is 14.1. The second kappa shape index (κ2) is 8.87. The lowest BCUT2D eigenvalue weighted by Crippen LogP contribution is -2.33. The third-order valence-corrected chi connectivity index (χ3v) is 6.93. The van der Waals surface area contributed by atoms with Crippen molar-refractivity contribution in [1.29, 1.82) is 0 Å². The first kappa shape index (κ1) is 21.2. The average molecular weight is 434 g/mol. The summed E-state index contributed by atoms with van der Waals surface area (Å²) in [7, 11) is 1.32. The predicted molar refractivity (Wildman–Crippen MR) is 115 cm³/mol. The number of ether oxygens (including phenoxy) is 1. The van der Waals surface area contributed by atoms with Crippen LogP contribution in [0.5, 0.6) is 0 Å². The zero-order chi connectivity index (χ0) is 21.1. The Morgan fingerprint density at radius 3 is 2.59 bits per heavy atom. The van der Waals surface area contributed by atoms with Crippen LogP contribution in [-0.4, -0.2) is 41.6 Å². The Labute approximate surface area is 177 Å². The third-order valence-electron chi connectivity index (χ3n) is 4.69. The van der Waals surface area contributed by atoms with Gasteiger partial charge in [0, 0.05) is 28.9 Å². The molecule has 0 spiro atoms. The van der Waals surface area contributed by atoms with E-state index in [0.717, 1.165) is 15.3 Å². The smallest absolute Gasteiger partial charge is 0.341 e. The lowest BCUT2D eigenvalue weighted by molar-refractivity contribution is -0.129. The molecule has 3 rings (SSSR count). The summed E-state index contributed by atoms with van der Waals surface area (Å²) in [5.74, 6) is -0.699. The largest absolute Gasteiger partial charge is 0.465 e. The minimum Gasteiger partial charge on any atom is -0.465 e. The van der Waals surface area contributed by atoms with Gasteiger partial charge >= 0.3 is 5.97 Å². The number of fused-ring (bicyclic) bond motifs is 1. The number of rotatable bonds is 5. The number of hydrogen-bond acceptors (Lipinski definition) is 7. The summed E-state index contributed by atoms with van der Waals surface area (Å²) in [6, 6.07) is 7.31. The Bertz CT molecular complexity index is 940. The molecule has 0 radical (unpaired) electrons. The molecule has 2 heterocycles. The average Bonchev–Trinajstić information content (AvgIpc) is 3.05. The zero-order valence-corrected chi connectivity index (χ0v) is 18.1. The van der Waals surface area contributed by atoms with E-state index in [1.165, 1.54) is 37.1 Å². The van der Waals surface area contributed by atoms with Gasteiger partial charge in [-0.1, -0.05) is 0 Å². The van der Waals surface area contributed by atoms with Crippen molar-refractivity contribution in [3.8, 4) is 0 Å². The standard InChI is InChI=1S/C20H23N3O4S2/c1-11(28-14-6-4-13(21)5-7-14)18(25)22-19-17(20(26)27-3)15-8-9-23(12(2)24)10-16(15)29-19/h4-7,11H,8-10,21H2,1-3H3,(H,22,25). The molecule has 0 bridgehead atoms. The van der Waals surface area contributed by atoms with Crippen molar-refractivity contribution in [2.75, 3.05) is 24.7 Å². The van der Waals surface area contributed by atoms with Crippen LogP contribution < -0.4 is 11.1 Å². The highest BCUT2D eigenvalue weighted by atomic mass is 32.2. The van der Waals surface area contributed by atoms with E-state index >= 15 is 0 Å². The van der Waals surface area contributed by atoms with Crippen LogP contribution in [0, 0.1) is 0 Å². The van der Waals surface area contributed by atoms with Crippen LogP contribution in [0.1, 0.15) is 34.6 Å². The molecule has 1 aromatic heterocycles. The maximum atomic E-state index is 12.8. The van der Waals surface area contributed by atoms with Gasteiger partial charge in [0.05, 0.1) is 24.5 Å². The molecule has 7 nitrogen and oxygen atoms in total. The van der Waals surface area contributed by atoms with Gasteiger partial charge in [-0.25, -0.2) is 4.79 Å². The van der Waals surface area contributed by atoms with Crippen LogP contribution in [0.2, 0.25) is 0 Å². The molecule has 3 N–H and O–H groups in total. The van der Waals surface area contributed by atoms with Gasteiger partial charge < -0.3 is 20.7 Å². The maximum absolute atomic E-state index is 12.8. The molecule has 1 aromatic carbocycles. The SMILES string of the molecule is COC(=O)c1c(NC(=O)C(C)Sc2ccc(N)cc2)sc2c1CCN(C(C)=O)C2. The van der Waals surface area contributed by atoms with Gasteiger partial charge in [0.25, 0.3) is 0 Å². The van der Waals surface area contributed by atoms with Gasteiger partial charge in [0.1, 0.15) is 5.00 Å². The fraction of sp³-hybridized carbons (Fsp3) is 0.350. The van der Waals surface area contributed by atoms with E-state index in [4.69, 9.17) is 10.5 Å². The number of amides is 2. The Balaban J connectivity index is 1.80. The van der Waals surface area contributed by atoms with Crippen LogP contribution in [0.15, 0.2) is 29.2 Å². The molecule has 29 heavy (non-hydrogen) atoms. The number of hydrogen-bond donors (Lipinski definition) is 2. The van der Waals surface area contributed by atoms with Crippen LogP contribution in [0.4, 0.5) is 10.7 Å². The van der Waals surface area contributed by atoms with E-state index in [1.54, 1.807) is 24.0 Å². The molecule has 1 unspecified atom stereocenters. The number of nitrogen functional groups attached to an aromatic ring is 1. The number of carbonyl (C=O) groups is 3. The zero-order valence-electron chi connectivity index (χ0n) is 16.5. The molecule has 0 aliphatic carbocycles. The number of thioether (sulfide) groups is 1. The minimum atomic E-state index is -0.479. The van der Waals surface area contributed by atoms with E-state index in [0.29, 0.717) is 35.8 Å². The molecular formula is C20H23N3O4S2. The number of nitrogens with zero attached hydrogens (tertiary/aromatic N) is 1. The molecule has 154 valence electrons. The Morgan fingerprint density at radius 1 is 1.28 bits per heavy atom. The second-order valence-electron chi connectivity index (χ2n) is 6.71. The van der Waals surface area contributed by atoms with Crippen LogP contribution in [-0.2, 0) is 27.3 Å². The van der Waals surface area contributed by atoms with Crippen molar-refractivity contribution in [3.05, 3.63) is 40.3 Å². The number of esters is 1. The number of methoxy groups -OCH3 is 1. The van der Waals surface area contributed by atoms with Gasteiger partial charge in [-0.2, -0.15) is 0 Å². The molecule has 2 aromatic rings. The van der Waals surface area contributed by atoms with Crippen molar-refractivity contribution < 1.29 is 19.1 Å². The van der Waals surface area contributed by atoms with Crippen molar-refractivity contribution in [2.24, 2.45) is 0 Å². The van der Waals surface area contributed by atoms with E-state index in [-0.39, 0.29) is 17.1 Å². The Hall–Kier alpha value is -2.52. The summed E-state index contributed by atoms with van der Waals surface area (Å²) in [5.41, 5.74) is 7.62. The lowest BCUT2D eigenvalue weighted by Gasteiger charge is -2.25. The highest BCUT2D eigenvalue weighted by Crippen LogP contribution is 2.38. The fourth-order valence-electron chi connectivity index (χ4n) is 3.10. The number of nitrogens with two attached hydrogens (primary N) is 1. The molecule has 0 fully saturated rings. The molecule has 9 heteroatoms. The van der Waals surface area contributed by atoms with Crippen LogP contribution in [0.25, 0.3) is 0 Å². The summed E-state index contributed by atoms with van der Waals surface area (Å²) in [6.45, 7) is 4.31. The Morgan fingerprint density at radius 2 is 1.97 bits per heavy atom. The van der Waals surface area contributed by atoms with Crippen molar-refractivity contribution in [2.45, 2.75) is 37.0 Å². The first-order valence-electron chi connectivity index (χ1n) is 9.11. The minimum absolute atomic E-state index is 0.0113. The molecular weight excluding hydrogens is 410 g/mol. The number of nitrogens with one attached hydrogen (secondary N) is 1. The summed E-state index contributed by atoms with van der Waals surface area (Å²) < 4.78 is 4.94. The van der Waals surface area contributed by atoms with E-state index in [9.17, 15) is 14.4 Å². The molecule has 1 aliphatic rings. The first-order valence-corrected chi connectivity index (χ1v) is 10.8. The van der Waals surface area contributed by atoms with Gasteiger partial charge in [0.15, 0.2) is 0 Å². The van der Waals surface area contributed by atoms with Crippen molar-refractivity contribution in [3.63, 3.8) is 0 Å². The Kier molecular flexibility index (Phi) is 6.49. The molecule has 1 aliphatic heterocycles. The van der Waals surface area contributed by atoms with Gasteiger partial charge in [-0.05, 0) is 43.2 Å². The van der Waals surface area contributed by atoms with Gasteiger partial charge in [-0.15, -0.1) is 23.1 Å². The van der Waals surface area contributed by atoms with Crippen LogP contribution >= 0.6 is 23.1 Å². The summed E-state index contributed by atoms with van der Waals surface area (Å²) >= 11 is 2.74.